The first kappa shape index (κ1) is 15.8. The number of allylic oxidation sites excluding steroid dienone is 1. The molecule has 0 saturated carbocycles. The Balaban J connectivity index is 2.43. The van der Waals surface area contributed by atoms with E-state index in [1.54, 1.807) is 42.5 Å². The second-order valence-electron chi connectivity index (χ2n) is 4.97. The van der Waals surface area contributed by atoms with Crippen LogP contribution in [0.1, 0.15) is 34.8 Å². The Hall–Kier alpha value is -2.55. The van der Waals surface area contributed by atoms with Gasteiger partial charge in [0.05, 0.1) is 12.2 Å². The Morgan fingerprint density at radius 1 is 1.23 bits per heavy atom. The molecule has 2 rings (SSSR count). The molecular weight excluding hydrogens is 276 g/mol. The van der Waals surface area contributed by atoms with E-state index in [1.807, 2.05) is 13.0 Å². The molecule has 3 heteroatoms. The van der Waals surface area contributed by atoms with Crippen LogP contribution < -0.4 is 4.74 Å². The molecule has 0 bridgehead atoms. The molecule has 114 valence electrons. The molecule has 22 heavy (non-hydrogen) atoms. The van der Waals surface area contributed by atoms with Crippen LogP contribution in [0.25, 0.3) is 0 Å². The number of hydrogen-bond acceptors (Lipinski definition) is 3. The molecule has 0 spiro atoms. The van der Waals surface area contributed by atoms with Gasteiger partial charge in [0.25, 0.3) is 0 Å². The molecule has 0 amide bonds. The monoisotopic (exact) mass is 296 g/mol. The van der Waals surface area contributed by atoms with Crippen molar-refractivity contribution < 1.29 is 14.6 Å². The average Bonchev–Trinajstić information content (AvgIpc) is 2.56. The molecule has 0 fully saturated rings. The number of phenols is 1. The van der Waals surface area contributed by atoms with E-state index in [1.165, 1.54) is 0 Å². The maximum absolute atomic E-state index is 12.5. The first-order valence-corrected chi connectivity index (χ1v) is 7.37. The first-order chi connectivity index (χ1) is 10.7. The van der Waals surface area contributed by atoms with E-state index in [0.29, 0.717) is 29.9 Å². The van der Waals surface area contributed by atoms with Crippen molar-refractivity contribution in [3.8, 4) is 11.5 Å². The van der Waals surface area contributed by atoms with Crippen LogP contribution in [-0.4, -0.2) is 17.5 Å². The molecule has 0 aliphatic heterocycles. The van der Waals surface area contributed by atoms with E-state index in [9.17, 15) is 9.90 Å². The number of ketones is 1. The van der Waals surface area contributed by atoms with Crippen LogP contribution in [0.2, 0.25) is 0 Å². The fraction of sp³-hybridized carbons (Fsp3) is 0.211. The summed E-state index contributed by atoms with van der Waals surface area (Å²) in [5.74, 6) is 0.372. The van der Waals surface area contributed by atoms with Gasteiger partial charge in [0, 0.05) is 11.1 Å². The van der Waals surface area contributed by atoms with E-state index in [0.717, 1.165) is 6.42 Å². The van der Waals surface area contributed by atoms with Gasteiger partial charge in [-0.15, -0.1) is 6.58 Å². The van der Waals surface area contributed by atoms with E-state index in [2.05, 4.69) is 6.58 Å². The van der Waals surface area contributed by atoms with Crippen LogP contribution in [0.15, 0.2) is 55.1 Å². The van der Waals surface area contributed by atoms with Gasteiger partial charge in [-0.3, -0.25) is 4.79 Å². The van der Waals surface area contributed by atoms with Crippen molar-refractivity contribution in [1.82, 2.24) is 0 Å². The number of benzene rings is 2. The van der Waals surface area contributed by atoms with Gasteiger partial charge in [0.1, 0.15) is 11.5 Å². The van der Waals surface area contributed by atoms with Crippen molar-refractivity contribution >= 4 is 5.78 Å². The van der Waals surface area contributed by atoms with E-state index < -0.39 is 0 Å². The first-order valence-electron chi connectivity index (χ1n) is 7.37. The maximum Gasteiger partial charge on any atom is 0.196 e. The highest BCUT2D eigenvalue weighted by molar-refractivity contribution is 6.11. The summed E-state index contributed by atoms with van der Waals surface area (Å²) in [5.41, 5.74) is 1.43. The van der Waals surface area contributed by atoms with Gasteiger partial charge in [0.15, 0.2) is 5.78 Å². The third-order valence-electron chi connectivity index (χ3n) is 3.33. The number of phenolic OH excluding ortho intramolecular Hbond substituents is 1. The number of carbonyl (C=O) groups is 1. The highest BCUT2D eigenvalue weighted by atomic mass is 16.5. The fourth-order valence-electron chi connectivity index (χ4n) is 2.23. The number of aromatic hydroxyl groups is 1. The molecule has 2 aromatic carbocycles. The Kier molecular flexibility index (Phi) is 5.37. The fourth-order valence-corrected chi connectivity index (χ4v) is 2.23. The summed E-state index contributed by atoms with van der Waals surface area (Å²) >= 11 is 0. The predicted molar refractivity (Wildman–Crippen MR) is 87.7 cm³/mol. The van der Waals surface area contributed by atoms with Crippen LogP contribution in [0, 0.1) is 0 Å². The molecule has 3 nitrogen and oxygen atoms in total. The lowest BCUT2D eigenvalue weighted by molar-refractivity contribution is 0.103. The van der Waals surface area contributed by atoms with Crippen molar-refractivity contribution in [3.05, 3.63) is 71.8 Å². The summed E-state index contributed by atoms with van der Waals surface area (Å²) in [7, 11) is 0. The Morgan fingerprint density at radius 2 is 1.95 bits per heavy atom. The highest BCUT2D eigenvalue weighted by Crippen LogP contribution is 2.33. The largest absolute Gasteiger partial charge is 0.507 e. The van der Waals surface area contributed by atoms with Crippen molar-refractivity contribution in [1.29, 1.82) is 0 Å². The van der Waals surface area contributed by atoms with Crippen molar-refractivity contribution in [2.45, 2.75) is 19.8 Å². The lowest BCUT2D eigenvalue weighted by atomic mass is 9.98. The number of carbonyl (C=O) groups excluding carboxylic acids is 1. The normalized spacial score (nSPS) is 10.2. The van der Waals surface area contributed by atoms with Crippen LogP contribution in [0.4, 0.5) is 0 Å². The zero-order valence-corrected chi connectivity index (χ0v) is 12.7. The van der Waals surface area contributed by atoms with E-state index in [-0.39, 0.29) is 17.1 Å². The molecule has 1 N–H and O–H groups in total. The SMILES string of the molecule is C=CCc1c(OCCC)ccc(C(=O)c2ccccc2)c1O. The van der Waals surface area contributed by atoms with E-state index >= 15 is 0 Å². The lowest BCUT2D eigenvalue weighted by Gasteiger charge is -2.14. The Morgan fingerprint density at radius 3 is 2.59 bits per heavy atom. The zero-order chi connectivity index (χ0) is 15.9. The second kappa shape index (κ2) is 7.46. The van der Waals surface area contributed by atoms with Gasteiger partial charge in [-0.25, -0.2) is 0 Å². The van der Waals surface area contributed by atoms with Gasteiger partial charge in [0.2, 0.25) is 0 Å². The molecule has 0 heterocycles. The lowest BCUT2D eigenvalue weighted by Crippen LogP contribution is -2.05. The molecule has 0 aliphatic rings. The summed E-state index contributed by atoms with van der Waals surface area (Å²) in [5, 5.41) is 10.5. The molecule has 0 unspecified atom stereocenters. The van der Waals surface area contributed by atoms with Gasteiger partial charge < -0.3 is 9.84 Å². The standard InChI is InChI=1S/C19H20O3/c1-3-8-15-17(22-13-4-2)12-11-16(19(15)21)18(20)14-9-6-5-7-10-14/h3,5-7,9-12,21H,1,4,8,13H2,2H3. The number of ether oxygens (including phenoxy) is 1. The summed E-state index contributed by atoms with van der Waals surface area (Å²) in [6, 6.07) is 12.3. The van der Waals surface area contributed by atoms with Crippen LogP contribution in [-0.2, 0) is 6.42 Å². The quantitative estimate of drug-likeness (QED) is 0.617. The third kappa shape index (κ3) is 3.37. The van der Waals surface area contributed by atoms with Crippen LogP contribution in [0.3, 0.4) is 0 Å². The molecule has 0 atom stereocenters. The van der Waals surface area contributed by atoms with Gasteiger partial charge >= 0.3 is 0 Å². The third-order valence-corrected chi connectivity index (χ3v) is 3.33. The molecule has 2 aromatic rings. The van der Waals surface area contributed by atoms with Crippen molar-refractivity contribution in [2.24, 2.45) is 0 Å². The number of rotatable bonds is 7. The van der Waals surface area contributed by atoms with Crippen LogP contribution in [0.5, 0.6) is 11.5 Å². The minimum absolute atomic E-state index is 0.0256. The topological polar surface area (TPSA) is 46.5 Å². The summed E-state index contributed by atoms with van der Waals surface area (Å²) in [6.07, 6.45) is 3.00. The molecular formula is C19H20O3. The summed E-state index contributed by atoms with van der Waals surface area (Å²) in [6.45, 7) is 6.28. The molecule has 0 aliphatic carbocycles. The molecule has 0 saturated heterocycles. The van der Waals surface area contributed by atoms with Crippen LogP contribution >= 0.6 is 0 Å². The summed E-state index contributed by atoms with van der Waals surface area (Å²) in [4.78, 5) is 12.5. The minimum atomic E-state index is -0.203. The Labute approximate surface area is 130 Å². The van der Waals surface area contributed by atoms with Crippen molar-refractivity contribution in [3.63, 3.8) is 0 Å². The van der Waals surface area contributed by atoms with E-state index in [4.69, 9.17) is 4.74 Å². The molecule has 0 radical (unpaired) electrons. The second-order valence-corrected chi connectivity index (χ2v) is 4.97. The van der Waals surface area contributed by atoms with Gasteiger partial charge in [-0.2, -0.15) is 0 Å². The van der Waals surface area contributed by atoms with Gasteiger partial charge in [-0.05, 0) is 25.0 Å². The smallest absolute Gasteiger partial charge is 0.196 e. The zero-order valence-electron chi connectivity index (χ0n) is 12.7. The van der Waals surface area contributed by atoms with Gasteiger partial charge in [-0.1, -0.05) is 43.3 Å². The number of hydrogen-bond donors (Lipinski definition) is 1. The minimum Gasteiger partial charge on any atom is -0.507 e. The van der Waals surface area contributed by atoms with Crippen molar-refractivity contribution in [2.75, 3.05) is 6.61 Å². The average molecular weight is 296 g/mol. The molecule has 0 aromatic heterocycles. The predicted octanol–water partition coefficient (Wildman–Crippen LogP) is 4.14. The summed E-state index contributed by atoms with van der Waals surface area (Å²) < 4.78 is 5.64. The maximum atomic E-state index is 12.5. The highest BCUT2D eigenvalue weighted by Gasteiger charge is 2.18. The Bertz CT molecular complexity index is 660.